The van der Waals surface area contributed by atoms with Crippen LogP contribution in [0.15, 0.2) is 41.3 Å². The Morgan fingerprint density at radius 2 is 1.92 bits per heavy atom. The largest absolute Gasteiger partial charge is 0.453 e. The lowest BCUT2D eigenvalue weighted by Gasteiger charge is -2.15. The van der Waals surface area contributed by atoms with Crippen LogP contribution >= 0.6 is 0 Å². The van der Waals surface area contributed by atoms with E-state index >= 15 is 0 Å². The number of amides is 1. The summed E-state index contributed by atoms with van der Waals surface area (Å²) in [7, 11) is -3.89. The smallest absolute Gasteiger partial charge is 0.339 e. The summed E-state index contributed by atoms with van der Waals surface area (Å²) in [5, 5.41) is 7.86. The topological polar surface area (TPSA) is 116 Å². The Balaban J connectivity index is 1.82. The van der Waals surface area contributed by atoms with E-state index in [9.17, 15) is 18.0 Å². The first-order valence-electron chi connectivity index (χ1n) is 7.90. The zero-order chi connectivity index (χ0) is 19.1. The molecule has 0 aromatic heterocycles. The van der Waals surface area contributed by atoms with Gasteiger partial charge in [-0.25, -0.2) is 18.4 Å². The van der Waals surface area contributed by atoms with Gasteiger partial charge in [-0.15, -0.1) is 0 Å². The summed E-state index contributed by atoms with van der Waals surface area (Å²) in [5.74, 6) is -0.852. The highest BCUT2D eigenvalue weighted by Crippen LogP contribution is 2.33. The number of esters is 1. The van der Waals surface area contributed by atoms with Crippen LogP contribution in [0.3, 0.4) is 0 Å². The van der Waals surface area contributed by atoms with E-state index in [1.807, 2.05) is 0 Å². The molecule has 0 unspecified atom stereocenters. The van der Waals surface area contributed by atoms with Crippen molar-refractivity contribution in [1.82, 2.24) is 0 Å². The second-order valence-electron chi connectivity index (χ2n) is 6.19. The van der Waals surface area contributed by atoms with Crippen LogP contribution in [0, 0.1) is 13.8 Å². The number of carbonyl (C=O) groups is 2. The molecule has 136 valence electrons. The molecule has 2 aromatic rings. The van der Waals surface area contributed by atoms with Crippen molar-refractivity contribution in [1.29, 1.82) is 0 Å². The first-order valence-corrected chi connectivity index (χ1v) is 9.45. The number of nitrogens with two attached hydrogens (primary N) is 1. The van der Waals surface area contributed by atoms with Gasteiger partial charge in [-0.05, 0) is 43.2 Å². The number of primary sulfonamides is 1. The number of aryl methyl sites for hydroxylation is 1. The second kappa shape index (κ2) is 6.54. The molecule has 0 spiro atoms. The molecule has 0 saturated heterocycles. The molecule has 8 heteroatoms. The number of fused-ring (bicyclic) bond motifs is 1. The molecule has 0 fully saturated rings. The third-order valence-corrected chi connectivity index (χ3v) is 5.28. The molecule has 7 nitrogen and oxygen atoms in total. The maximum Gasteiger partial charge on any atom is 0.339 e. The third kappa shape index (κ3) is 3.47. The molecule has 0 saturated carbocycles. The molecular formula is C18H18N2O5S. The van der Waals surface area contributed by atoms with Crippen molar-refractivity contribution in [3.8, 4) is 0 Å². The van der Waals surface area contributed by atoms with E-state index in [2.05, 4.69) is 5.32 Å². The lowest BCUT2D eigenvalue weighted by Crippen LogP contribution is -2.18. The molecule has 0 aliphatic carbocycles. The summed E-state index contributed by atoms with van der Waals surface area (Å²) < 4.78 is 28.4. The van der Waals surface area contributed by atoms with Crippen molar-refractivity contribution >= 4 is 27.6 Å². The van der Waals surface area contributed by atoms with E-state index < -0.39 is 28.0 Å². The van der Waals surface area contributed by atoms with Gasteiger partial charge in [0.2, 0.25) is 15.9 Å². The van der Waals surface area contributed by atoms with Gasteiger partial charge in [0.15, 0.2) is 0 Å². The molecule has 1 aliphatic rings. The molecule has 1 heterocycles. The van der Waals surface area contributed by atoms with Crippen molar-refractivity contribution in [3.63, 3.8) is 0 Å². The number of ether oxygens (including phenoxy) is 1. The average molecular weight is 374 g/mol. The fraction of sp³-hybridized carbons (Fsp3) is 0.222. The lowest BCUT2D eigenvalue weighted by atomic mass is 10.0. The SMILES string of the molecule is Cc1cc(S(N)(=O)=O)cc(NC(=O)C[C@@H]2OC(=O)c3ccccc32)c1C. The predicted octanol–water partition coefficient (Wildman–Crippen LogP) is 2.19. The zero-order valence-corrected chi connectivity index (χ0v) is 15.1. The monoisotopic (exact) mass is 374 g/mol. The van der Waals surface area contributed by atoms with Gasteiger partial charge in [-0.2, -0.15) is 0 Å². The van der Waals surface area contributed by atoms with Crippen LogP contribution in [0.1, 0.15) is 39.6 Å². The Morgan fingerprint density at radius 3 is 2.62 bits per heavy atom. The summed E-state index contributed by atoms with van der Waals surface area (Å²) >= 11 is 0. The highest BCUT2D eigenvalue weighted by Gasteiger charge is 2.32. The van der Waals surface area contributed by atoms with Crippen molar-refractivity contribution in [2.45, 2.75) is 31.3 Å². The summed E-state index contributed by atoms with van der Waals surface area (Å²) in [6.45, 7) is 3.50. The van der Waals surface area contributed by atoms with E-state index in [0.29, 0.717) is 22.4 Å². The minimum atomic E-state index is -3.89. The number of cyclic esters (lactones) is 1. The van der Waals surface area contributed by atoms with E-state index in [4.69, 9.17) is 9.88 Å². The zero-order valence-electron chi connectivity index (χ0n) is 14.3. The highest BCUT2D eigenvalue weighted by atomic mass is 32.2. The van der Waals surface area contributed by atoms with E-state index in [1.165, 1.54) is 12.1 Å². The molecule has 1 aliphatic heterocycles. The van der Waals surface area contributed by atoms with Crippen LogP contribution in [-0.2, 0) is 19.6 Å². The lowest BCUT2D eigenvalue weighted by molar-refractivity contribution is -0.118. The number of nitrogens with one attached hydrogen (secondary N) is 1. The summed E-state index contributed by atoms with van der Waals surface area (Å²) in [6.07, 6.45) is -0.734. The van der Waals surface area contributed by atoms with E-state index in [-0.39, 0.29) is 11.3 Å². The number of hydrogen-bond acceptors (Lipinski definition) is 5. The van der Waals surface area contributed by atoms with Crippen LogP contribution in [0.4, 0.5) is 5.69 Å². The van der Waals surface area contributed by atoms with E-state index in [1.54, 1.807) is 38.1 Å². The molecule has 2 aromatic carbocycles. The molecule has 0 radical (unpaired) electrons. The number of benzene rings is 2. The number of sulfonamides is 1. The minimum absolute atomic E-state index is 0.0686. The number of rotatable bonds is 4. The molecule has 3 rings (SSSR count). The maximum atomic E-state index is 12.4. The Hall–Kier alpha value is -2.71. The van der Waals surface area contributed by atoms with Crippen molar-refractivity contribution in [2.75, 3.05) is 5.32 Å². The molecule has 1 amide bonds. The standard InChI is InChI=1S/C18H18N2O5S/c1-10-7-12(26(19,23)24)8-15(11(10)2)20-17(21)9-16-13-5-3-4-6-14(13)18(22)25-16/h3-8,16H,9H2,1-2H3,(H,20,21)(H2,19,23,24)/t16-/m0/s1. The number of hydrogen-bond donors (Lipinski definition) is 2. The van der Waals surface area contributed by atoms with Crippen LogP contribution in [0.2, 0.25) is 0 Å². The van der Waals surface area contributed by atoms with Gasteiger partial charge in [-0.3, -0.25) is 4.79 Å². The quantitative estimate of drug-likeness (QED) is 0.796. The van der Waals surface area contributed by atoms with Crippen LogP contribution < -0.4 is 10.5 Å². The first-order chi connectivity index (χ1) is 12.2. The predicted molar refractivity (Wildman–Crippen MR) is 95.1 cm³/mol. The Labute approximate surface area is 151 Å². The van der Waals surface area contributed by atoms with Gasteiger partial charge in [0.25, 0.3) is 0 Å². The van der Waals surface area contributed by atoms with Gasteiger partial charge in [0.05, 0.1) is 16.9 Å². The van der Waals surface area contributed by atoms with Crippen molar-refractivity contribution in [3.05, 3.63) is 58.7 Å². The van der Waals surface area contributed by atoms with Gasteiger partial charge in [0.1, 0.15) is 6.10 Å². The fourth-order valence-electron chi connectivity index (χ4n) is 2.86. The first kappa shape index (κ1) is 18.1. The minimum Gasteiger partial charge on any atom is -0.453 e. The Morgan fingerprint density at radius 1 is 1.23 bits per heavy atom. The van der Waals surface area contributed by atoms with Crippen molar-refractivity contribution in [2.24, 2.45) is 5.14 Å². The van der Waals surface area contributed by atoms with E-state index in [0.717, 1.165) is 5.56 Å². The second-order valence-corrected chi connectivity index (χ2v) is 7.75. The van der Waals surface area contributed by atoms with Gasteiger partial charge < -0.3 is 10.1 Å². The van der Waals surface area contributed by atoms with Crippen LogP contribution in [0.25, 0.3) is 0 Å². The summed E-state index contributed by atoms with van der Waals surface area (Å²) in [6, 6.07) is 9.68. The average Bonchev–Trinajstić information content (AvgIpc) is 2.87. The van der Waals surface area contributed by atoms with Gasteiger partial charge in [-0.1, -0.05) is 18.2 Å². The summed E-state index contributed by atoms with van der Waals surface area (Å²) in [5.41, 5.74) is 2.89. The molecule has 1 atom stereocenters. The highest BCUT2D eigenvalue weighted by molar-refractivity contribution is 7.89. The molecule has 3 N–H and O–H groups in total. The Bertz CT molecular complexity index is 1010. The molecule has 26 heavy (non-hydrogen) atoms. The maximum absolute atomic E-state index is 12.4. The fourth-order valence-corrected chi connectivity index (χ4v) is 3.48. The number of anilines is 1. The third-order valence-electron chi connectivity index (χ3n) is 4.39. The molecular weight excluding hydrogens is 356 g/mol. The van der Waals surface area contributed by atoms with Crippen molar-refractivity contribution < 1.29 is 22.7 Å². The normalized spacial score (nSPS) is 16.1. The van der Waals surface area contributed by atoms with Gasteiger partial charge in [0, 0.05) is 11.3 Å². The molecule has 0 bridgehead atoms. The number of carbonyl (C=O) groups excluding carboxylic acids is 2. The van der Waals surface area contributed by atoms with Crippen LogP contribution in [0.5, 0.6) is 0 Å². The van der Waals surface area contributed by atoms with Gasteiger partial charge >= 0.3 is 5.97 Å². The van der Waals surface area contributed by atoms with Crippen LogP contribution in [-0.4, -0.2) is 20.3 Å². The summed E-state index contributed by atoms with van der Waals surface area (Å²) in [4.78, 5) is 24.2. The Kier molecular flexibility index (Phi) is 4.55.